The molecular weight excluding hydrogens is 526 g/mol. The minimum absolute atomic E-state index is 0.0599. The number of amides is 3. The Morgan fingerprint density at radius 2 is 1.69 bits per heavy atom. The van der Waals surface area contributed by atoms with Crippen LogP contribution in [-0.2, 0) is 16.8 Å². The molecule has 7 nitrogen and oxygen atoms in total. The number of aromatic nitrogens is 1. The second kappa shape index (κ2) is 12.6. The lowest BCUT2D eigenvalue weighted by Crippen LogP contribution is -2.41. The molecule has 0 bridgehead atoms. The number of hydrogen-bond acceptors (Lipinski definition) is 5. The Labute approximate surface area is 247 Å². The highest BCUT2D eigenvalue weighted by Gasteiger charge is 2.48. The van der Waals surface area contributed by atoms with E-state index in [4.69, 9.17) is 14.5 Å². The SMILES string of the molecule is Cc1cccc2c(OCCCCCN3C(=O)NC(C)(c4ccc(OC(C)C)cc4)C3=O)c(Cc3ccccc3)cnc12. The number of fused-ring (bicyclic) bond motifs is 1. The number of rotatable bonds is 12. The fraction of sp³-hybridized carbons (Fsp3) is 0.343. The number of imide groups is 1. The molecule has 1 aromatic heterocycles. The van der Waals surface area contributed by atoms with Crippen LogP contribution in [0.3, 0.4) is 0 Å². The van der Waals surface area contributed by atoms with Crippen LogP contribution < -0.4 is 14.8 Å². The van der Waals surface area contributed by atoms with Crippen LogP contribution in [0.4, 0.5) is 4.79 Å². The summed E-state index contributed by atoms with van der Waals surface area (Å²) in [6, 6.07) is 23.5. The molecule has 4 aromatic rings. The smallest absolute Gasteiger partial charge is 0.325 e. The number of para-hydroxylation sites is 1. The van der Waals surface area contributed by atoms with E-state index in [2.05, 4.69) is 36.5 Å². The van der Waals surface area contributed by atoms with Crippen molar-refractivity contribution in [1.82, 2.24) is 15.2 Å². The largest absolute Gasteiger partial charge is 0.493 e. The first-order valence-corrected chi connectivity index (χ1v) is 14.7. The summed E-state index contributed by atoms with van der Waals surface area (Å²) in [7, 11) is 0. The van der Waals surface area contributed by atoms with Gasteiger partial charge in [0.1, 0.15) is 17.0 Å². The molecular formula is C35H39N3O4. The van der Waals surface area contributed by atoms with Crippen LogP contribution in [0, 0.1) is 6.92 Å². The summed E-state index contributed by atoms with van der Waals surface area (Å²) < 4.78 is 12.1. The zero-order valence-electron chi connectivity index (χ0n) is 24.9. The molecule has 1 aliphatic heterocycles. The van der Waals surface area contributed by atoms with E-state index in [-0.39, 0.29) is 18.0 Å². The number of carbonyl (C=O) groups excluding carboxylic acids is 2. The van der Waals surface area contributed by atoms with Crippen LogP contribution in [0.25, 0.3) is 10.9 Å². The van der Waals surface area contributed by atoms with Crippen molar-refractivity contribution in [2.24, 2.45) is 0 Å². The van der Waals surface area contributed by atoms with Gasteiger partial charge in [0.25, 0.3) is 5.91 Å². The number of aryl methyl sites for hydroxylation is 1. The van der Waals surface area contributed by atoms with Crippen molar-refractivity contribution in [3.63, 3.8) is 0 Å². The molecule has 42 heavy (non-hydrogen) atoms. The van der Waals surface area contributed by atoms with E-state index in [0.29, 0.717) is 19.6 Å². The third kappa shape index (κ3) is 6.25. The van der Waals surface area contributed by atoms with E-state index in [1.165, 1.54) is 10.5 Å². The number of hydrogen-bond donors (Lipinski definition) is 1. The monoisotopic (exact) mass is 565 g/mol. The fourth-order valence-electron chi connectivity index (χ4n) is 5.46. The first kappa shape index (κ1) is 29.1. The first-order valence-electron chi connectivity index (χ1n) is 14.7. The van der Waals surface area contributed by atoms with E-state index < -0.39 is 5.54 Å². The quantitative estimate of drug-likeness (QED) is 0.149. The van der Waals surface area contributed by atoms with Gasteiger partial charge in [0.15, 0.2) is 0 Å². The van der Waals surface area contributed by atoms with Crippen LogP contribution in [0.5, 0.6) is 11.5 Å². The van der Waals surface area contributed by atoms with Gasteiger partial charge >= 0.3 is 6.03 Å². The Bertz CT molecular complexity index is 1550. The highest BCUT2D eigenvalue weighted by molar-refractivity contribution is 6.07. The van der Waals surface area contributed by atoms with Crippen molar-refractivity contribution in [2.45, 2.75) is 65.0 Å². The molecule has 1 unspecified atom stereocenters. The molecule has 1 saturated heterocycles. The van der Waals surface area contributed by atoms with Crippen molar-refractivity contribution in [3.8, 4) is 11.5 Å². The van der Waals surface area contributed by atoms with Gasteiger partial charge in [0.2, 0.25) is 0 Å². The van der Waals surface area contributed by atoms with Gasteiger partial charge in [-0.2, -0.15) is 0 Å². The summed E-state index contributed by atoms with van der Waals surface area (Å²) in [6.07, 6.45) is 5.06. The molecule has 7 heteroatoms. The van der Waals surface area contributed by atoms with Gasteiger partial charge in [-0.05, 0) is 81.8 Å². The number of nitrogens with one attached hydrogen (secondary N) is 1. The van der Waals surface area contributed by atoms with Crippen molar-refractivity contribution >= 4 is 22.8 Å². The molecule has 0 aliphatic carbocycles. The zero-order chi connectivity index (χ0) is 29.7. The maximum absolute atomic E-state index is 13.3. The molecule has 218 valence electrons. The number of benzene rings is 3. The Morgan fingerprint density at radius 3 is 2.43 bits per heavy atom. The van der Waals surface area contributed by atoms with E-state index in [1.807, 2.05) is 68.6 Å². The zero-order valence-corrected chi connectivity index (χ0v) is 24.9. The summed E-state index contributed by atoms with van der Waals surface area (Å²) in [5.41, 5.74) is 3.97. The number of pyridine rings is 1. The lowest BCUT2D eigenvalue weighted by atomic mass is 9.92. The van der Waals surface area contributed by atoms with E-state index in [1.54, 1.807) is 6.92 Å². The highest BCUT2D eigenvalue weighted by atomic mass is 16.5. The highest BCUT2D eigenvalue weighted by Crippen LogP contribution is 2.33. The molecule has 0 radical (unpaired) electrons. The average Bonchev–Trinajstić information content (AvgIpc) is 3.19. The minimum Gasteiger partial charge on any atom is -0.493 e. The predicted octanol–water partition coefficient (Wildman–Crippen LogP) is 6.94. The third-order valence-electron chi connectivity index (χ3n) is 7.71. The Kier molecular flexibility index (Phi) is 8.76. The van der Waals surface area contributed by atoms with Crippen LogP contribution in [0.1, 0.15) is 62.3 Å². The summed E-state index contributed by atoms with van der Waals surface area (Å²) in [5, 5.41) is 3.91. The van der Waals surface area contributed by atoms with Crippen LogP contribution in [0.2, 0.25) is 0 Å². The predicted molar refractivity (Wildman–Crippen MR) is 165 cm³/mol. The molecule has 0 saturated carbocycles. The minimum atomic E-state index is -1.09. The number of ether oxygens (including phenoxy) is 2. The van der Waals surface area contributed by atoms with Gasteiger partial charge in [0, 0.05) is 30.1 Å². The molecule has 0 spiro atoms. The maximum Gasteiger partial charge on any atom is 0.325 e. The second-order valence-corrected chi connectivity index (χ2v) is 11.4. The van der Waals surface area contributed by atoms with Gasteiger partial charge in [-0.15, -0.1) is 0 Å². The second-order valence-electron chi connectivity index (χ2n) is 11.4. The van der Waals surface area contributed by atoms with Crippen LogP contribution in [0.15, 0.2) is 79.0 Å². The van der Waals surface area contributed by atoms with Crippen molar-refractivity contribution in [3.05, 3.63) is 101 Å². The van der Waals surface area contributed by atoms with Crippen molar-refractivity contribution in [1.29, 1.82) is 0 Å². The Balaban J connectivity index is 1.17. The van der Waals surface area contributed by atoms with Gasteiger partial charge in [-0.25, -0.2) is 4.79 Å². The van der Waals surface area contributed by atoms with Crippen molar-refractivity contribution in [2.75, 3.05) is 13.2 Å². The fourth-order valence-corrected chi connectivity index (χ4v) is 5.46. The summed E-state index contributed by atoms with van der Waals surface area (Å²) in [5.74, 6) is 1.38. The number of urea groups is 1. The van der Waals surface area contributed by atoms with E-state index in [0.717, 1.165) is 58.4 Å². The average molecular weight is 566 g/mol. The summed E-state index contributed by atoms with van der Waals surface area (Å²) >= 11 is 0. The van der Waals surface area contributed by atoms with E-state index in [9.17, 15) is 9.59 Å². The third-order valence-corrected chi connectivity index (χ3v) is 7.71. The topological polar surface area (TPSA) is 80.8 Å². The standard InChI is InChI=1S/C35H39N3O4/c1-24(2)42-29-18-16-28(17-19-29)35(4)33(39)38(34(40)37-35)20-9-6-10-21-41-32-27(22-26-13-7-5-8-14-26)23-36-31-25(3)12-11-15-30(31)32/h5,7-8,11-19,23-24H,6,9-10,20-22H2,1-4H3,(H,37,40). The molecule has 1 fully saturated rings. The molecule has 5 rings (SSSR count). The van der Waals surface area contributed by atoms with E-state index >= 15 is 0 Å². The van der Waals surface area contributed by atoms with Gasteiger partial charge < -0.3 is 14.8 Å². The molecule has 1 atom stereocenters. The molecule has 3 amide bonds. The molecule has 1 aliphatic rings. The molecule has 1 N–H and O–H groups in total. The van der Waals surface area contributed by atoms with Crippen LogP contribution in [-0.4, -0.2) is 41.1 Å². The Hall–Kier alpha value is -4.39. The number of carbonyl (C=O) groups is 2. The lowest BCUT2D eigenvalue weighted by Gasteiger charge is -2.22. The molecule has 3 aromatic carbocycles. The first-order chi connectivity index (χ1) is 20.3. The van der Waals surface area contributed by atoms with Crippen molar-refractivity contribution < 1.29 is 19.1 Å². The number of nitrogens with zero attached hydrogens (tertiary/aromatic N) is 2. The van der Waals surface area contributed by atoms with Crippen LogP contribution >= 0.6 is 0 Å². The van der Waals surface area contributed by atoms with Gasteiger partial charge in [-0.3, -0.25) is 14.7 Å². The van der Waals surface area contributed by atoms with Gasteiger partial charge in [0.05, 0.1) is 18.2 Å². The lowest BCUT2D eigenvalue weighted by molar-refractivity contribution is -0.131. The summed E-state index contributed by atoms with van der Waals surface area (Å²) in [6.45, 7) is 8.65. The maximum atomic E-state index is 13.3. The molecule has 2 heterocycles. The Morgan fingerprint density at radius 1 is 0.929 bits per heavy atom. The normalized spacial score (nSPS) is 16.7. The summed E-state index contributed by atoms with van der Waals surface area (Å²) in [4.78, 5) is 32.2. The number of unbranched alkanes of at least 4 members (excludes halogenated alkanes) is 2. The van der Waals surface area contributed by atoms with Gasteiger partial charge in [-0.1, -0.05) is 54.6 Å².